The molecule has 1 fully saturated rings. The molecule has 0 atom stereocenters. The van der Waals surface area contributed by atoms with Crippen LogP contribution in [0.2, 0.25) is 0 Å². The van der Waals surface area contributed by atoms with Crippen LogP contribution in [0.5, 0.6) is 0 Å². The van der Waals surface area contributed by atoms with Crippen LogP contribution in [0.4, 0.5) is 5.95 Å². The zero-order chi connectivity index (χ0) is 13.4. The van der Waals surface area contributed by atoms with E-state index in [2.05, 4.69) is 15.1 Å². The highest BCUT2D eigenvalue weighted by molar-refractivity contribution is 5.70. The van der Waals surface area contributed by atoms with E-state index in [0.29, 0.717) is 37.7 Å². The topological polar surface area (TPSA) is 83.6 Å². The number of carboxylic acid groups (broad SMARTS) is 1. The van der Waals surface area contributed by atoms with Gasteiger partial charge in [0.15, 0.2) is 0 Å². The Labute approximate surface area is 109 Å². The van der Waals surface area contributed by atoms with Crippen molar-refractivity contribution >= 4 is 17.7 Å². The van der Waals surface area contributed by atoms with E-state index in [4.69, 9.17) is 5.11 Å². The fourth-order valence-corrected chi connectivity index (χ4v) is 2.32. The lowest BCUT2D eigenvalue weighted by molar-refractivity contribution is -0.142. The second kappa shape index (κ2) is 4.49. The molecule has 3 rings (SSSR count). The number of carboxylic acids is 1. The summed E-state index contributed by atoms with van der Waals surface area (Å²) in [6.45, 7) is 3.30. The summed E-state index contributed by atoms with van der Waals surface area (Å²) in [6, 6.07) is 0. The van der Waals surface area contributed by atoms with E-state index in [1.807, 2.05) is 18.0 Å². The highest BCUT2D eigenvalue weighted by atomic mass is 16.4. The van der Waals surface area contributed by atoms with E-state index in [-0.39, 0.29) is 5.92 Å². The van der Waals surface area contributed by atoms with Gasteiger partial charge in [0, 0.05) is 25.5 Å². The van der Waals surface area contributed by atoms with Crippen molar-refractivity contribution in [1.82, 2.24) is 19.6 Å². The third-order valence-corrected chi connectivity index (χ3v) is 3.44. The van der Waals surface area contributed by atoms with Gasteiger partial charge in [0.05, 0.1) is 5.92 Å². The second-order valence-corrected chi connectivity index (χ2v) is 4.89. The zero-order valence-corrected chi connectivity index (χ0v) is 10.7. The Morgan fingerprint density at radius 2 is 2.16 bits per heavy atom. The van der Waals surface area contributed by atoms with Gasteiger partial charge in [0.1, 0.15) is 0 Å². The van der Waals surface area contributed by atoms with Crippen LogP contribution >= 0.6 is 0 Å². The number of aliphatic carboxylic acids is 1. The molecule has 0 aliphatic carbocycles. The van der Waals surface area contributed by atoms with Gasteiger partial charge in [-0.2, -0.15) is 4.98 Å². The molecule has 1 aliphatic rings. The van der Waals surface area contributed by atoms with Crippen molar-refractivity contribution < 1.29 is 9.90 Å². The number of anilines is 1. The molecule has 1 saturated heterocycles. The largest absolute Gasteiger partial charge is 0.481 e. The molecule has 7 heteroatoms. The first kappa shape index (κ1) is 11.9. The van der Waals surface area contributed by atoms with Gasteiger partial charge in [-0.05, 0) is 25.3 Å². The van der Waals surface area contributed by atoms with E-state index in [0.717, 1.165) is 5.56 Å². The Kier molecular flexibility index (Phi) is 2.81. The van der Waals surface area contributed by atoms with Gasteiger partial charge in [-0.25, -0.2) is 9.50 Å². The van der Waals surface area contributed by atoms with Crippen molar-refractivity contribution in [2.24, 2.45) is 5.92 Å². The average Bonchev–Trinajstić information content (AvgIpc) is 2.81. The van der Waals surface area contributed by atoms with Gasteiger partial charge in [-0.15, -0.1) is 5.10 Å². The molecule has 0 saturated carbocycles. The Morgan fingerprint density at radius 3 is 2.84 bits per heavy atom. The van der Waals surface area contributed by atoms with Crippen molar-refractivity contribution in [3.05, 3.63) is 18.0 Å². The molecule has 0 spiro atoms. The SMILES string of the molecule is Cc1cnc2nc(N3CCC(C(=O)O)CC3)nn2c1. The molecule has 1 aliphatic heterocycles. The second-order valence-electron chi connectivity index (χ2n) is 4.89. The van der Waals surface area contributed by atoms with Gasteiger partial charge in [-0.3, -0.25) is 4.79 Å². The summed E-state index contributed by atoms with van der Waals surface area (Å²) in [4.78, 5) is 21.5. The minimum Gasteiger partial charge on any atom is -0.481 e. The summed E-state index contributed by atoms with van der Waals surface area (Å²) in [7, 11) is 0. The average molecular weight is 261 g/mol. The molecule has 2 aromatic heterocycles. The summed E-state index contributed by atoms with van der Waals surface area (Å²) in [5.41, 5.74) is 1.02. The molecule has 0 bridgehead atoms. The van der Waals surface area contributed by atoms with Gasteiger partial charge in [0.2, 0.25) is 5.95 Å². The molecule has 0 unspecified atom stereocenters. The number of carbonyl (C=O) groups is 1. The predicted molar refractivity (Wildman–Crippen MR) is 68.1 cm³/mol. The molecule has 0 amide bonds. The van der Waals surface area contributed by atoms with Crippen LogP contribution in [0.15, 0.2) is 12.4 Å². The number of aryl methyl sites for hydroxylation is 1. The van der Waals surface area contributed by atoms with Crippen molar-refractivity contribution in [2.45, 2.75) is 19.8 Å². The molecule has 0 radical (unpaired) electrons. The van der Waals surface area contributed by atoms with Crippen LogP contribution in [-0.2, 0) is 4.79 Å². The van der Waals surface area contributed by atoms with Crippen molar-refractivity contribution in [3.8, 4) is 0 Å². The predicted octanol–water partition coefficient (Wildman–Crippen LogP) is 0.734. The maximum atomic E-state index is 10.9. The van der Waals surface area contributed by atoms with Crippen molar-refractivity contribution in [2.75, 3.05) is 18.0 Å². The van der Waals surface area contributed by atoms with Gasteiger partial charge in [-0.1, -0.05) is 0 Å². The fourth-order valence-electron chi connectivity index (χ4n) is 2.32. The zero-order valence-electron chi connectivity index (χ0n) is 10.7. The van der Waals surface area contributed by atoms with Gasteiger partial charge >= 0.3 is 5.97 Å². The monoisotopic (exact) mass is 261 g/mol. The molecular weight excluding hydrogens is 246 g/mol. The Bertz CT molecular complexity index is 616. The normalized spacial score (nSPS) is 17.0. The van der Waals surface area contributed by atoms with E-state index in [9.17, 15) is 4.79 Å². The molecular formula is C12H15N5O2. The number of hydrogen-bond donors (Lipinski definition) is 1. The number of fused-ring (bicyclic) bond motifs is 1. The lowest BCUT2D eigenvalue weighted by atomic mass is 9.97. The van der Waals surface area contributed by atoms with Crippen LogP contribution < -0.4 is 4.90 Å². The van der Waals surface area contributed by atoms with Gasteiger partial charge < -0.3 is 10.0 Å². The molecule has 100 valence electrons. The summed E-state index contributed by atoms with van der Waals surface area (Å²) in [6.07, 6.45) is 4.90. The summed E-state index contributed by atoms with van der Waals surface area (Å²) in [5.74, 6) is 0.247. The first-order chi connectivity index (χ1) is 9.13. The lowest BCUT2D eigenvalue weighted by Crippen LogP contribution is -2.36. The Hall–Kier alpha value is -2.18. The summed E-state index contributed by atoms with van der Waals surface area (Å²) < 4.78 is 1.66. The molecule has 19 heavy (non-hydrogen) atoms. The molecule has 0 aromatic carbocycles. The Morgan fingerprint density at radius 1 is 1.42 bits per heavy atom. The third-order valence-electron chi connectivity index (χ3n) is 3.44. The van der Waals surface area contributed by atoms with Gasteiger partial charge in [0.25, 0.3) is 5.78 Å². The highest BCUT2D eigenvalue weighted by Crippen LogP contribution is 2.21. The number of hydrogen-bond acceptors (Lipinski definition) is 5. The summed E-state index contributed by atoms with van der Waals surface area (Å²) >= 11 is 0. The minimum atomic E-state index is -0.708. The quantitative estimate of drug-likeness (QED) is 0.858. The minimum absolute atomic E-state index is 0.242. The van der Waals surface area contributed by atoms with Crippen LogP contribution in [0, 0.1) is 12.8 Å². The van der Waals surface area contributed by atoms with Crippen LogP contribution in [0.3, 0.4) is 0 Å². The van der Waals surface area contributed by atoms with E-state index in [1.54, 1.807) is 10.7 Å². The molecule has 1 N–H and O–H groups in total. The maximum absolute atomic E-state index is 10.9. The van der Waals surface area contributed by atoms with Crippen molar-refractivity contribution in [3.63, 3.8) is 0 Å². The van der Waals surface area contributed by atoms with Crippen molar-refractivity contribution in [1.29, 1.82) is 0 Å². The number of nitrogens with zero attached hydrogens (tertiary/aromatic N) is 5. The first-order valence-corrected chi connectivity index (χ1v) is 6.30. The maximum Gasteiger partial charge on any atom is 0.306 e. The van der Waals surface area contributed by atoms with E-state index in [1.165, 1.54) is 0 Å². The molecule has 3 heterocycles. The van der Waals surface area contributed by atoms with E-state index < -0.39 is 5.97 Å². The molecule has 7 nitrogen and oxygen atoms in total. The molecule has 2 aromatic rings. The van der Waals surface area contributed by atoms with Crippen LogP contribution in [0.1, 0.15) is 18.4 Å². The number of rotatable bonds is 2. The van der Waals surface area contributed by atoms with Crippen LogP contribution in [0.25, 0.3) is 5.78 Å². The Balaban J connectivity index is 1.80. The third kappa shape index (κ3) is 2.23. The fraction of sp³-hybridized carbons (Fsp3) is 0.500. The van der Waals surface area contributed by atoms with Crippen LogP contribution in [-0.4, -0.2) is 43.7 Å². The lowest BCUT2D eigenvalue weighted by Gasteiger charge is -2.28. The smallest absolute Gasteiger partial charge is 0.306 e. The summed E-state index contributed by atoms with van der Waals surface area (Å²) in [5, 5.41) is 13.4. The number of piperidine rings is 1. The van der Waals surface area contributed by atoms with E-state index >= 15 is 0 Å². The standard InChI is InChI=1S/C12H15N5O2/c1-8-6-13-11-14-12(15-17(11)7-8)16-4-2-9(3-5-16)10(18)19/h6-7,9H,2-5H2,1H3,(H,18,19). The first-order valence-electron chi connectivity index (χ1n) is 6.30. The highest BCUT2D eigenvalue weighted by Gasteiger charge is 2.26. The number of aromatic nitrogens is 4.